The molecule has 2 heterocycles. The Morgan fingerprint density at radius 1 is 1.40 bits per heavy atom. The number of epoxide rings is 1. The summed E-state index contributed by atoms with van der Waals surface area (Å²) in [5, 5.41) is 0. The topological polar surface area (TPSA) is 65.1 Å². The van der Waals surface area contributed by atoms with Crippen molar-refractivity contribution >= 4 is 11.9 Å². The minimum atomic E-state index is -0.440. The van der Waals surface area contributed by atoms with E-state index in [9.17, 15) is 9.59 Å². The highest BCUT2D eigenvalue weighted by molar-refractivity contribution is 5.92. The van der Waals surface area contributed by atoms with Gasteiger partial charge in [-0.15, -0.1) is 0 Å². The third kappa shape index (κ3) is 2.25. The fraction of sp³-hybridized carbons (Fsp3) is 0.600. The van der Waals surface area contributed by atoms with E-state index in [0.29, 0.717) is 17.6 Å². The lowest BCUT2D eigenvalue weighted by Crippen LogP contribution is -2.40. The molecule has 1 saturated carbocycles. The Hall–Kier alpha value is -1.88. The Labute approximate surface area is 147 Å². The van der Waals surface area contributed by atoms with Gasteiger partial charge in [-0.2, -0.15) is 0 Å². The molecule has 3 fully saturated rings. The standard InChI is InChI=1S/C20H24O5/c1-6-9(2)18(21)23-13-7-10(3)12-8-14-20(5,25-14)16(12)17-15(13)11(4)19(22)24-17/h6,13-17H,4,7-8H2,1-3,5H3/b9-6-/t13-,14-,15+,16+,17+,20-/m0/s1. The molecule has 25 heavy (non-hydrogen) atoms. The quantitative estimate of drug-likeness (QED) is 0.334. The van der Waals surface area contributed by atoms with Crippen LogP contribution in [-0.2, 0) is 23.8 Å². The fourth-order valence-corrected chi connectivity index (χ4v) is 4.77. The first-order chi connectivity index (χ1) is 11.8. The Morgan fingerprint density at radius 2 is 2.12 bits per heavy atom. The maximum absolute atomic E-state index is 12.3. The van der Waals surface area contributed by atoms with E-state index in [1.165, 1.54) is 11.1 Å². The molecule has 4 rings (SSSR count). The van der Waals surface area contributed by atoms with Crippen molar-refractivity contribution in [1.82, 2.24) is 0 Å². The normalized spacial score (nSPS) is 42.4. The van der Waals surface area contributed by atoms with Gasteiger partial charge in [-0.25, -0.2) is 9.59 Å². The van der Waals surface area contributed by atoms with Crippen molar-refractivity contribution in [3.63, 3.8) is 0 Å². The Balaban J connectivity index is 1.73. The number of carbonyl (C=O) groups is 2. The number of hydrogen-bond donors (Lipinski definition) is 0. The molecular weight excluding hydrogens is 320 g/mol. The van der Waals surface area contributed by atoms with Crippen molar-refractivity contribution in [2.24, 2.45) is 11.8 Å². The Bertz CT molecular complexity index is 745. The van der Waals surface area contributed by atoms with E-state index in [4.69, 9.17) is 14.2 Å². The van der Waals surface area contributed by atoms with Crippen LogP contribution in [0.1, 0.15) is 40.5 Å². The van der Waals surface area contributed by atoms with Gasteiger partial charge >= 0.3 is 11.9 Å². The molecule has 0 spiro atoms. The highest BCUT2D eigenvalue weighted by Gasteiger charge is 2.70. The first kappa shape index (κ1) is 16.6. The second-order valence-electron chi connectivity index (χ2n) is 7.82. The van der Waals surface area contributed by atoms with Crippen LogP contribution in [-0.4, -0.2) is 35.9 Å². The lowest BCUT2D eigenvalue weighted by Gasteiger charge is -2.30. The molecule has 2 aliphatic heterocycles. The summed E-state index contributed by atoms with van der Waals surface area (Å²) in [5.74, 6) is -1.03. The summed E-state index contributed by atoms with van der Waals surface area (Å²) < 4.78 is 17.4. The maximum Gasteiger partial charge on any atom is 0.334 e. The molecule has 0 aromatic rings. The molecule has 6 atom stereocenters. The maximum atomic E-state index is 12.3. The lowest BCUT2D eigenvalue weighted by atomic mass is 9.80. The van der Waals surface area contributed by atoms with Gasteiger partial charge in [0.05, 0.1) is 12.0 Å². The summed E-state index contributed by atoms with van der Waals surface area (Å²) in [6.07, 6.45) is 2.60. The summed E-state index contributed by atoms with van der Waals surface area (Å²) >= 11 is 0. The SMILES string of the molecule is C=C1C(=O)O[C@@H]2[C@H]1[C@@H](OC(=O)/C(C)=C\C)CC(C)=C1C[C@@H]3O[C@]3(C)[C@H]12. The molecule has 0 N–H and O–H groups in total. The molecule has 2 saturated heterocycles. The van der Waals surface area contributed by atoms with E-state index in [-0.39, 0.29) is 41.6 Å². The number of rotatable bonds is 2. The van der Waals surface area contributed by atoms with Crippen LogP contribution >= 0.6 is 0 Å². The van der Waals surface area contributed by atoms with Gasteiger partial charge in [0.15, 0.2) is 0 Å². The van der Waals surface area contributed by atoms with E-state index in [1.807, 2.05) is 0 Å². The van der Waals surface area contributed by atoms with Gasteiger partial charge in [-0.1, -0.05) is 23.8 Å². The highest BCUT2D eigenvalue weighted by atomic mass is 16.6. The number of carbonyl (C=O) groups excluding carboxylic acids is 2. The van der Waals surface area contributed by atoms with Crippen LogP contribution < -0.4 is 0 Å². The van der Waals surface area contributed by atoms with Gasteiger partial charge in [0.1, 0.15) is 17.8 Å². The first-order valence-electron chi connectivity index (χ1n) is 8.88. The summed E-state index contributed by atoms with van der Waals surface area (Å²) in [4.78, 5) is 24.6. The van der Waals surface area contributed by atoms with Crippen LogP contribution in [0.15, 0.2) is 34.9 Å². The number of hydrogen-bond acceptors (Lipinski definition) is 5. The van der Waals surface area contributed by atoms with Crippen LogP contribution in [0.3, 0.4) is 0 Å². The second-order valence-corrected chi connectivity index (χ2v) is 7.82. The fourth-order valence-electron chi connectivity index (χ4n) is 4.77. The van der Waals surface area contributed by atoms with Crippen molar-refractivity contribution in [3.05, 3.63) is 34.9 Å². The Morgan fingerprint density at radius 3 is 2.80 bits per heavy atom. The monoisotopic (exact) mass is 344 g/mol. The van der Waals surface area contributed by atoms with E-state index in [1.54, 1.807) is 19.9 Å². The molecular formula is C20H24O5. The molecule has 0 unspecified atom stereocenters. The average molecular weight is 344 g/mol. The van der Waals surface area contributed by atoms with Crippen molar-refractivity contribution in [2.75, 3.05) is 0 Å². The Kier molecular flexibility index (Phi) is 3.52. The van der Waals surface area contributed by atoms with E-state index in [0.717, 1.165) is 6.42 Å². The van der Waals surface area contributed by atoms with Crippen molar-refractivity contribution in [2.45, 2.75) is 64.4 Å². The lowest BCUT2D eigenvalue weighted by molar-refractivity contribution is -0.149. The van der Waals surface area contributed by atoms with Crippen molar-refractivity contribution in [3.8, 4) is 0 Å². The predicted octanol–water partition coefficient (Wildman–Crippen LogP) is 2.86. The van der Waals surface area contributed by atoms with Crippen molar-refractivity contribution < 1.29 is 23.8 Å². The molecule has 0 aromatic carbocycles. The van der Waals surface area contributed by atoms with Crippen LogP contribution in [0.5, 0.6) is 0 Å². The van der Waals surface area contributed by atoms with Crippen molar-refractivity contribution in [1.29, 1.82) is 0 Å². The molecule has 5 nitrogen and oxygen atoms in total. The summed E-state index contributed by atoms with van der Waals surface area (Å²) in [6.45, 7) is 11.7. The van der Waals surface area contributed by atoms with Gasteiger partial charge < -0.3 is 14.2 Å². The van der Waals surface area contributed by atoms with Gasteiger partial charge in [0.2, 0.25) is 0 Å². The molecule has 5 heteroatoms. The molecule has 134 valence electrons. The summed E-state index contributed by atoms with van der Waals surface area (Å²) in [7, 11) is 0. The molecule has 2 aliphatic carbocycles. The van der Waals surface area contributed by atoms with Gasteiger partial charge in [-0.3, -0.25) is 0 Å². The van der Waals surface area contributed by atoms with Gasteiger partial charge in [0, 0.05) is 23.5 Å². The summed E-state index contributed by atoms with van der Waals surface area (Å²) in [6, 6.07) is 0. The smallest absolute Gasteiger partial charge is 0.334 e. The number of fused-ring (bicyclic) bond motifs is 5. The van der Waals surface area contributed by atoms with E-state index < -0.39 is 6.10 Å². The average Bonchev–Trinajstić information content (AvgIpc) is 3.03. The van der Waals surface area contributed by atoms with Gasteiger partial charge in [-0.05, 0) is 34.1 Å². The van der Waals surface area contributed by atoms with Crippen LogP contribution in [0.25, 0.3) is 0 Å². The van der Waals surface area contributed by atoms with Crippen LogP contribution in [0, 0.1) is 11.8 Å². The predicted molar refractivity (Wildman–Crippen MR) is 90.5 cm³/mol. The molecule has 0 bridgehead atoms. The summed E-state index contributed by atoms with van der Waals surface area (Å²) in [5.41, 5.74) is 3.21. The van der Waals surface area contributed by atoms with E-state index in [2.05, 4.69) is 20.4 Å². The number of ether oxygens (including phenoxy) is 3. The molecule has 0 radical (unpaired) electrons. The van der Waals surface area contributed by atoms with Crippen LogP contribution in [0.4, 0.5) is 0 Å². The number of esters is 2. The number of allylic oxidation sites excluding steroid dienone is 1. The first-order valence-corrected chi connectivity index (χ1v) is 8.88. The zero-order chi connectivity index (χ0) is 18.1. The third-order valence-corrected chi connectivity index (χ3v) is 6.44. The third-order valence-electron chi connectivity index (χ3n) is 6.44. The zero-order valence-corrected chi connectivity index (χ0v) is 15.1. The van der Waals surface area contributed by atoms with Gasteiger partial charge in [0.25, 0.3) is 0 Å². The minimum absolute atomic E-state index is 0.0252. The molecule has 4 aliphatic rings. The zero-order valence-electron chi connectivity index (χ0n) is 15.1. The molecule has 0 amide bonds. The highest BCUT2D eigenvalue weighted by Crippen LogP contribution is 2.62. The minimum Gasteiger partial charge on any atom is -0.458 e. The second kappa shape index (κ2) is 5.31. The van der Waals surface area contributed by atoms with E-state index >= 15 is 0 Å². The molecule has 0 aromatic heterocycles. The van der Waals surface area contributed by atoms with Crippen LogP contribution in [0.2, 0.25) is 0 Å². The largest absolute Gasteiger partial charge is 0.458 e.